The molecule has 0 spiro atoms. The van der Waals surface area contributed by atoms with E-state index in [0.717, 1.165) is 28.3 Å². The van der Waals surface area contributed by atoms with E-state index in [1.54, 1.807) is 54.6 Å². The molecular weight excluding hydrogens is 468 g/mol. The summed E-state index contributed by atoms with van der Waals surface area (Å²) in [6, 6.07) is 19.3. The third-order valence-corrected chi connectivity index (χ3v) is 5.63. The van der Waals surface area contributed by atoms with Crippen molar-refractivity contribution in [3.63, 3.8) is 0 Å². The van der Waals surface area contributed by atoms with E-state index in [-0.39, 0.29) is 23.5 Å². The van der Waals surface area contributed by atoms with Crippen LogP contribution in [0.3, 0.4) is 0 Å². The fraction of sp³-hybridized carbons (Fsp3) is 0.0741. The van der Waals surface area contributed by atoms with Gasteiger partial charge in [-0.2, -0.15) is 0 Å². The summed E-state index contributed by atoms with van der Waals surface area (Å²) in [5, 5.41) is 12.5. The van der Waals surface area contributed by atoms with E-state index in [1.165, 1.54) is 6.07 Å². The molecule has 1 heterocycles. The second-order valence-corrected chi connectivity index (χ2v) is 7.99. The van der Waals surface area contributed by atoms with Crippen molar-refractivity contribution in [3.8, 4) is 5.69 Å². The number of hydrogen-bond donors (Lipinski definition) is 3. The number of carboxylic acid groups (broad SMARTS) is 1. The summed E-state index contributed by atoms with van der Waals surface area (Å²) in [6.45, 7) is 0.235. The van der Waals surface area contributed by atoms with E-state index >= 15 is 0 Å². The zero-order chi connectivity index (χ0) is 25.8. The number of nitrogens with one attached hydrogen (secondary N) is 1. The molecule has 0 bridgehead atoms. The lowest BCUT2D eigenvalue weighted by atomic mass is 10.0. The normalized spacial score (nSPS) is 11.7. The number of pyridine rings is 1. The Morgan fingerprint density at radius 1 is 0.917 bits per heavy atom. The largest absolute Gasteiger partial charge is 0.480 e. The Balaban J connectivity index is 1.58. The number of hydrogen-bond acceptors (Lipinski definition) is 5. The van der Waals surface area contributed by atoms with Crippen LogP contribution >= 0.6 is 0 Å². The Morgan fingerprint density at radius 2 is 1.58 bits per heavy atom. The first-order valence-corrected chi connectivity index (χ1v) is 10.9. The highest BCUT2D eigenvalue weighted by Crippen LogP contribution is 2.21. The van der Waals surface area contributed by atoms with Crippen LogP contribution < -0.4 is 16.6 Å². The van der Waals surface area contributed by atoms with Gasteiger partial charge in [-0.25, -0.2) is 8.78 Å². The molecule has 0 aliphatic carbocycles. The molecule has 1 aromatic heterocycles. The number of anilines is 1. The van der Waals surface area contributed by atoms with E-state index in [4.69, 9.17) is 5.73 Å². The molecule has 4 aromatic rings. The minimum atomic E-state index is -1.04. The van der Waals surface area contributed by atoms with Gasteiger partial charge in [-0.3, -0.25) is 24.3 Å². The second-order valence-electron chi connectivity index (χ2n) is 7.99. The fourth-order valence-corrected chi connectivity index (χ4v) is 3.81. The number of aromatic nitrogens is 1. The number of carboxylic acids is 1. The molecule has 0 fully saturated rings. The number of nitrogen functional groups attached to an aromatic ring is 1. The molecule has 182 valence electrons. The molecule has 4 N–H and O–H groups in total. The number of ketones is 1. The molecule has 1 unspecified atom stereocenters. The number of carbonyl (C=O) groups is 2. The van der Waals surface area contributed by atoms with Crippen LogP contribution in [0.15, 0.2) is 89.7 Å². The molecule has 36 heavy (non-hydrogen) atoms. The van der Waals surface area contributed by atoms with Gasteiger partial charge >= 0.3 is 5.97 Å². The molecule has 0 radical (unpaired) electrons. The summed E-state index contributed by atoms with van der Waals surface area (Å²) in [5.74, 6) is -3.87. The van der Waals surface area contributed by atoms with E-state index in [0.29, 0.717) is 17.3 Å². The maximum Gasteiger partial charge on any atom is 0.325 e. The molecule has 0 aliphatic heterocycles. The van der Waals surface area contributed by atoms with Crippen molar-refractivity contribution in [1.29, 1.82) is 0 Å². The topological polar surface area (TPSA) is 114 Å². The molecular formula is C27H21F2N3O4. The monoisotopic (exact) mass is 489 g/mol. The average Bonchev–Trinajstić information content (AvgIpc) is 2.85. The van der Waals surface area contributed by atoms with Gasteiger partial charge in [0.15, 0.2) is 5.78 Å². The molecule has 0 saturated heterocycles. The molecule has 3 aromatic carbocycles. The molecule has 0 aliphatic rings. The lowest BCUT2D eigenvalue weighted by Crippen LogP contribution is -2.28. The van der Waals surface area contributed by atoms with Crippen molar-refractivity contribution >= 4 is 17.6 Å². The van der Waals surface area contributed by atoms with Crippen molar-refractivity contribution in [3.05, 3.63) is 129 Å². The predicted octanol–water partition coefficient (Wildman–Crippen LogP) is 3.84. The highest BCUT2D eigenvalue weighted by atomic mass is 19.1. The van der Waals surface area contributed by atoms with E-state index < -0.39 is 35.0 Å². The van der Waals surface area contributed by atoms with Crippen LogP contribution in [0.4, 0.5) is 14.6 Å². The summed E-state index contributed by atoms with van der Waals surface area (Å²) in [7, 11) is 0. The summed E-state index contributed by atoms with van der Waals surface area (Å²) < 4.78 is 28.5. The number of halogens is 2. The first kappa shape index (κ1) is 24.5. The zero-order valence-electron chi connectivity index (χ0n) is 18.8. The number of nitrogens with zero attached hydrogens (tertiary/aromatic N) is 1. The Morgan fingerprint density at radius 3 is 2.22 bits per heavy atom. The Kier molecular flexibility index (Phi) is 7.03. The van der Waals surface area contributed by atoms with Crippen LogP contribution in [-0.4, -0.2) is 21.4 Å². The van der Waals surface area contributed by atoms with Gasteiger partial charge in [0.2, 0.25) is 0 Å². The molecule has 7 nitrogen and oxygen atoms in total. The van der Waals surface area contributed by atoms with Gasteiger partial charge in [-0.1, -0.05) is 42.5 Å². The predicted molar refractivity (Wildman–Crippen MR) is 130 cm³/mol. The van der Waals surface area contributed by atoms with Crippen molar-refractivity contribution < 1.29 is 23.5 Å². The standard InChI is InChI=1S/C27H21F2N3O4/c28-18-8-11-20(22(29)14-18)25(34)21-12-13-23(33)32(26(21)30)19-9-6-16(7-10-19)15-31-24(27(35)36)17-4-2-1-3-5-17/h1-14,24,31H,15,30H2,(H,35,36). The van der Waals surface area contributed by atoms with Crippen molar-refractivity contribution in [2.24, 2.45) is 0 Å². The van der Waals surface area contributed by atoms with E-state index in [1.807, 2.05) is 0 Å². The molecule has 9 heteroatoms. The second kappa shape index (κ2) is 10.3. The first-order chi connectivity index (χ1) is 17.3. The van der Waals surface area contributed by atoms with Crippen LogP contribution in [0.25, 0.3) is 5.69 Å². The lowest BCUT2D eigenvalue weighted by Gasteiger charge is -2.16. The highest BCUT2D eigenvalue weighted by molar-refractivity contribution is 6.11. The summed E-state index contributed by atoms with van der Waals surface area (Å²) in [6.07, 6.45) is 0. The van der Waals surface area contributed by atoms with E-state index in [2.05, 4.69) is 5.32 Å². The maximum atomic E-state index is 14.1. The van der Waals surface area contributed by atoms with Crippen molar-refractivity contribution in [2.75, 3.05) is 5.73 Å². The van der Waals surface area contributed by atoms with Crippen LogP contribution in [-0.2, 0) is 11.3 Å². The molecule has 4 rings (SSSR count). The smallest absolute Gasteiger partial charge is 0.325 e. The number of rotatable bonds is 8. The number of aliphatic carboxylic acids is 1. The van der Waals surface area contributed by atoms with Crippen LogP contribution in [0.5, 0.6) is 0 Å². The van der Waals surface area contributed by atoms with Gasteiger partial charge in [0.25, 0.3) is 5.56 Å². The van der Waals surface area contributed by atoms with Gasteiger partial charge in [-0.15, -0.1) is 0 Å². The fourth-order valence-electron chi connectivity index (χ4n) is 3.81. The number of nitrogens with two attached hydrogens (primary N) is 1. The zero-order valence-corrected chi connectivity index (χ0v) is 18.8. The SMILES string of the molecule is Nc1c(C(=O)c2ccc(F)cc2F)ccc(=O)n1-c1ccc(CNC(C(=O)O)c2ccccc2)cc1. The van der Waals surface area contributed by atoms with Crippen LogP contribution in [0, 0.1) is 11.6 Å². The Bertz CT molecular complexity index is 1490. The Hall–Kier alpha value is -4.63. The van der Waals surface area contributed by atoms with E-state index in [9.17, 15) is 28.3 Å². The van der Waals surface area contributed by atoms with Crippen LogP contribution in [0.2, 0.25) is 0 Å². The Labute approximate surface area is 204 Å². The van der Waals surface area contributed by atoms with Gasteiger partial charge in [0.1, 0.15) is 23.5 Å². The lowest BCUT2D eigenvalue weighted by molar-refractivity contribution is -0.139. The average molecular weight is 489 g/mol. The molecule has 0 amide bonds. The van der Waals surface area contributed by atoms with Gasteiger partial charge in [0.05, 0.1) is 16.8 Å². The molecule has 1 atom stereocenters. The van der Waals surface area contributed by atoms with Gasteiger partial charge in [-0.05, 0) is 41.5 Å². The summed E-state index contributed by atoms with van der Waals surface area (Å²) >= 11 is 0. The summed E-state index contributed by atoms with van der Waals surface area (Å²) in [4.78, 5) is 37.1. The van der Waals surface area contributed by atoms with Crippen molar-refractivity contribution in [1.82, 2.24) is 9.88 Å². The number of carbonyl (C=O) groups excluding carboxylic acids is 1. The summed E-state index contributed by atoms with van der Waals surface area (Å²) in [5.41, 5.74) is 6.85. The first-order valence-electron chi connectivity index (χ1n) is 10.9. The molecule has 0 saturated carbocycles. The van der Waals surface area contributed by atoms with Crippen LogP contribution in [0.1, 0.15) is 33.1 Å². The van der Waals surface area contributed by atoms with Gasteiger partial charge < -0.3 is 10.8 Å². The number of benzene rings is 3. The minimum Gasteiger partial charge on any atom is -0.480 e. The third kappa shape index (κ3) is 5.06. The third-order valence-electron chi connectivity index (χ3n) is 5.63. The quantitative estimate of drug-likeness (QED) is 0.324. The van der Waals surface area contributed by atoms with Gasteiger partial charge in [0, 0.05) is 18.7 Å². The minimum absolute atomic E-state index is 0.113. The van der Waals surface area contributed by atoms with Crippen molar-refractivity contribution in [2.45, 2.75) is 12.6 Å². The highest BCUT2D eigenvalue weighted by Gasteiger charge is 2.21. The maximum absolute atomic E-state index is 14.1.